The van der Waals surface area contributed by atoms with Gasteiger partial charge in [-0.05, 0) is 18.6 Å². The van der Waals surface area contributed by atoms with E-state index in [1.54, 1.807) is 6.20 Å². The summed E-state index contributed by atoms with van der Waals surface area (Å²) in [7, 11) is 0. The third-order valence-electron chi connectivity index (χ3n) is 2.59. The summed E-state index contributed by atoms with van der Waals surface area (Å²) in [5, 5.41) is 15.0. The lowest BCUT2D eigenvalue weighted by Gasteiger charge is -2.10. The molecule has 0 aliphatic carbocycles. The Balaban J connectivity index is 0.00000144. The van der Waals surface area contributed by atoms with Crippen LogP contribution in [0, 0.1) is 0 Å². The molecule has 0 saturated carbocycles. The molecule has 5 nitrogen and oxygen atoms in total. The summed E-state index contributed by atoms with van der Waals surface area (Å²) in [6.07, 6.45) is 1.76. The van der Waals surface area contributed by atoms with Gasteiger partial charge in [0.25, 0.3) is 0 Å². The molecule has 2 heterocycles. The number of nitrogens with zero attached hydrogens (tertiary/aromatic N) is 1. The van der Waals surface area contributed by atoms with Crippen LogP contribution in [0.1, 0.15) is 12.1 Å². The molecule has 0 bridgehead atoms. The molecule has 0 spiro atoms. The Bertz CT molecular complexity index is 361. The number of hydrogen-bond donors (Lipinski definition) is 3. The van der Waals surface area contributed by atoms with Gasteiger partial charge in [0.05, 0.1) is 24.4 Å². The van der Waals surface area contributed by atoms with Gasteiger partial charge in [-0.1, -0.05) is 6.07 Å². The standard InChI is InChI=1S/C11H15N3O2.ClH/c15-9-5-10(13-7-9)11(16)14-6-8-3-1-2-4-12-8;/h1-4,9-10,13,15H,5-7H2,(H,14,16);1H/t9-,10+;/m1./s1. The molecule has 1 saturated heterocycles. The fourth-order valence-electron chi connectivity index (χ4n) is 1.72. The minimum atomic E-state index is -0.411. The predicted molar refractivity (Wildman–Crippen MR) is 65.7 cm³/mol. The maximum absolute atomic E-state index is 11.7. The number of rotatable bonds is 3. The van der Waals surface area contributed by atoms with Gasteiger partial charge in [-0.15, -0.1) is 12.4 Å². The predicted octanol–water partition coefficient (Wildman–Crippen LogP) is -0.158. The van der Waals surface area contributed by atoms with Gasteiger partial charge >= 0.3 is 0 Å². The lowest BCUT2D eigenvalue weighted by molar-refractivity contribution is -0.123. The molecule has 1 aliphatic rings. The zero-order valence-corrected chi connectivity index (χ0v) is 10.1. The number of pyridine rings is 1. The summed E-state index contributed by atoms with van der Waals surface area (Å²) in [6.45, 7) is 0.912. The highest BCUT2D eigenvalue weighted by atomic mass is 35.5. The van der Waals surface area contributed by atoms with Crippen molar-refractivity contribution in [1.82, 2.24) is 15.6 Å². The Morgan fingerprint density at radius 3 is 3.00 bits per heavy atom. The summed E-state index contributed by atoms with van der Waals surface area (Å²) >= 11 is 0. The van der Waals surface area contributed by atoms with E-state index >= 15 is 0 Å². The van der Waals surface area contributed by atoms with Crippen LogP contribution in [0.15, 0.2) is 24.4 Å². The van der Waals surface area contributed by atoms with Crippen LogP contribution in [0.3, 0.4) is 0 Å². The average Bonchev–Trinajstić information content (AvgIpc) is 2.74. The number of aromatic nitrogens is 1. The zero-order chi connectivity index (χ0) is 11.4. The number of halogens is 1. The molecular formula is C11H16ClN3O2. The second-order valence-corrected chi connectivity index (χ2v) is 3.89. The van der Waals surface area contributed by atoms with Gasteiger partial charge in [-0.2, -0.15) is 0 Å². The highest BCUT2D eigenvalue weighted by Gasteiger charge is 2.27. The van der Waals surface area contributed by atoms with Gasteiger partial charge in [0.1, 0.15) is 0 Å². The van der Waals surface area contributed by atoms with E-state index in [1.807, 2.05) is 18.2 Å². The number of amides is 1. The van der Waals surface area contributed by atoms with Crippen LogP contribution < -0.4 is 10.6 Å². The summed E-state index contributed by atoms with van der Waals surface area (Å²) in [4.78, 5) is 15.8. The van der Waals surface area contributed by atoms with Crippen LogP contribution in [0.5, 0.6) is 0 Å². The van der Waals surface area contributed by atoms with Gasteiger partial charge in [0.15, 0.2) is 0 Å². The van der Waals surface area contributed by atoms with Gasteiger partial charge in [0, 0.05) is 12.7 Å². The zero-order valence-electron chi connectivity index (χ0n) is 9.30. The van der Waals surface area contributed by atoms with Crippen LogP contribution in [0.2, 0.25) is 0 Å². The van der Waals surface area contributed by atoms with Crippen LogP contribution in [-0.4, -0.2) is 34.7 Å². The molecule has 3 N–H and O–H groups in total. The smallest absolute Gasteiger partial charge is 0.237 e. The van der Waals surface area contributed by atoms with Crippen molar-refractivity contribution >= 4 is 18.3 Å². The lowest BCUT2D eigenvalue weighted by atomic mass is 10.2. The number of carbonyl (C=O) groups excluding carboxylic acids is 1. The lowest BCUT2D eigenvalue weighted by Crippen LogP contribution is -2.40. The van der Waals surface area contributed by atoms with E-state index in [-0.39, 0.29) is 24.4 Å². The van der Waals surface area contributed by atoms with Crippen LogP contribution >= 0.6 is 12.4 Å². The third kappa shape index (κ3) is 3.96. The van der Waals surface area contributed by atoms with Crippen molar-refractivity contribution in [3.63, 3.8) is 0 Å². The van der Waals surface area contributed by atoms with Crippen molar-refractivity contribution < 1.29 is 9.90 Å². The Morgan fingerprint density at radius 1 is 1.59 bits per heavy atom. The molecule has 0 unspecified atom stereocenters. The number of nitrogens with one attached hydrogen (secondary N) is 2. The minimum absolute atomic E-state index is 0. The molecule has 1 amide bonds. The second kappa shape index (κ2) is 6.54. The largest absolute Gasteiger partial charge is 0.392 e. The molecule has 6 heteroatoms. The van der Waals surface area contributed by atoms with Crippen molar-refractivity contribution in [2.45, 2.75) is 25.1 Å². The second-order valence-electron chi connectivity index (χ2n) is 3.89. The maximum atomic E-state index is 11.7. The van der Waals surface area contributed by atoms with Crippen molar-refractivity contribution in [1.29, 1.82) is 0 Å². The highest BCUT2D eigenvalue weighted by Crippen LogP contribution is 2.06. The Hall–Kier alpha value is -1.17. The number of carbonyl (C=O) groups is 1. The van der Waals surface area contributed by atoms with Crippen molar-refractivity contribution in [2.75, 3.05) is 6.54 Å². The van der Waals surface area contributed by atoms with Gasteiger partial charge < -0.3 is 15.7 Å². The molecule has 1 aromatic heterocycles. The van der Waals surface area contributed by atoms with Gasteiger partial charge in [-0.3, -0.25) is 9.78 Å². The maximum Gasteiger partial charge on any atom is 0.237 e. The summed E-state index contributed by atoms with van der Waals surface area (Å²) < 4.78 is 0. The van der Waals surface area contributed by atoms with Crippen LogP contribution in [-0.2, 0) is 11.3 Å². The molecule has 17 heavy (non-hydrogen) atoms. The van der Waals surface area contributed by atoms with Gasteiger partial charge in [0.2, 0.25) is 5.91 Å². The van der Waals surface area contributed by atoms with Crippen LogP contribution in [0.4, 0.5) is 0 Å². The van der Waals surface area contributed by atoms with Gasteiger partial charge in [-0.25, -0.2) is 0 Å². The molecule has 1 aliphatic heterocycles. The summed E-state index contributed by atoms with van der Waals surface area (Å²) in [5.41, 5.74) is 0.828. The molecule has 2 atom stereocenters. The Labute approximate surface area is 106 Å². The van der Waals surface area contributed by atoms with E-state index in [9.17, 15) is 9.90 Å². The minimum Gasteiger partial charge on any atom is -0.392 e. The van der Waals surface area contributed by atoms with Crippen molar-refractivity contribution in [2.24, 2.45) is 0 Å². The summed E-state index contributed by atoms with van der Waals surface area (Å²) in [5.74, 6) is -0.0813. The van der Waals surface area contributed by atoms with Crippen molar-refractivity contribution in [3.8, 4) is 0 Å². The topological polar surface area (TPSA) is 74.2 Å². The van der Waals surface area contributed by atoms with E-state index in [0.29, 0.717) is 19.5 Å². The molecule has 0 radical (unpaired) electrons. The number of hydrogen-bond acceptors (Lipinski definition) is 4. The number of aliphatic hydroxyl groups excluding tert-OH is 1. The molecule has 94 valence electrons. The molecule has 1 aromatic rings. The first-order chi connectivity index (χ1) is 7.75. The molecular weight excluding hydrogens is 242 g/mol. The van der Waals surface area contributed by atoms with E-state index < -0.39 is 6.10 Å². The SMILES string of the molecule is Cl.O=C(NCc1ccccn1)[C@@H]1C[C@@H](O)CN1. The highest BCUT2D eigenvalue weighted by molar-refractivity contribution is 5.85. The fraction of sp³-hybridized carbons (Fsp3) is 0.455. The van der Waals surface area contributed by atoms with Crippen LogP contribution in [0.25, 0.3) is 0 Å². The van der Waals surface area contributed by atoms with E-state index in [2.05, 4.69) is 15.6 Å². The third-order valence-corrected chi connectivity index (χ3v) is 2.59. The monoisotopic (exact) mass is 257 g/mol. The first kappa shape index (κ1) is 13.9. The van der Waals surface area contributed by atoms with Crippen molar-refractivity contribution in [3.05, 3.63) is 30.1 Å². The normalized spacial score (nSPS) is 22.9. The molecule has 1 fully saturated rings. The number of β-amino-alcohol motifs (C(OH)–C–C–N with tert-alkyl or cyclic N) is 1. The fourth-order valence-corrected chi connectivity index (χ4v) is 1.72. The first-order valence-electron chi connectivity index (χ1n) is 5.35. The van der Waals surface area contributed by atoms with E-state index in [4.69, 9.17) is 0 Å². The Kier molecular flexibility index (Phi) is 5.34. The first-order valence-corrected chi connectivity index (χ1v) is 5.35. The molecule has 2 rings (SSSR count). The Morgan fingerprint density at radius 2 is 2.41 bits per heavy atom. The number of aliphatic hydroxyl groups is 1. The quantitative estimate of drug-likeness (QED) is 0.704. The van der Waals surface area contributed by atoms with E-state index in [1.165, 1.54) is 0 Å². The summed E-state index contributed by atoms with van der Waals surface area (Å²) in [6, 6.07) is 5.29. The van der Waals surface area contributed by atoms with E-state index in [0.717, 1.165) is 5.69 Å². The average molecular weight is 258 g/mol. The molecule has 0 aromatic carbocycles.